The molecule has 1 unspecified atom stereocenters. The molecule has 21 heavy (non-hydrogen) atoms. The van der Waals surface area contributed by atoms with Crippen molar-refractivity contribution in [1.29, 1.82) is 0 Å². The molecule has 0 aliphatic heterocycles. The Kier molecular flexibility index (Phi) is 7.98. The highest BCUT2D eigenvalue weighted by molar-refractivity contribution is 5.25. The molecule has 120 valence electrons. The van der Waals surface area contributed by atoms with Gasteiger partial charge in [-0.1, -0.05) is 58.4 Å². The van der Waals surface area contributed by atoms with Crippen LogP contribution in [0.2, 0.25) is 0 Å². The summed E-state index contributed by atoms with van der Waals surface area (Å²) in [6, 6.07) is 9.17. The van der Waals surface area contributed by atoms with E-state index >= 15 is 0 Å². The van der Waals surface area contributed by atoms with E-state index in [1.807, 2.05) is 0 Å². The van der Waals surface area contributed by atoms with Crippen molar-refractivity contribution >= 4 is 0 Å². The van der Waals surface area contributed by atoms with Crippen LogP contribution >= 0.6 is 0 Å². The van der Waals surface area contributed by atoms with Crippen LogP contribution in [0.1, 0.15) is 57.6 Å². The third-order valence-corrected chi connectivity index (χ3v) is 4.17. The SMILES string of the molecule is CCCC(C)(CNCCOC)Cc1ccc(C(C)C)cc1. The van der Waals surface area contributed by atoms with E-state index in [9.17, 15) is 0 Å². The highest BCUT2D eigenvalue weighted by Crippen LogP contribution is 2.28. The summed E-state index contributed by atoms with van der Waals surface area (Å²) in [7, 11) is 1.75. The predicted octanol–water partition coefficient (Wildman–Crippen LogP) is 4.39. The first-order valence-corrected chi connectivity index (χ1v) is 8.29. The molecule has 0 saturated carbocycles. The van der Waals surface area contributed by atoms with Gasteiger partial charge in [0.2, 0.25) is 0 Å². The van der Waals surface area contributed by atoms with Crippen molar-refractivity contribution in [3.05, 3.63) is 35.4 Å². The Bertz CT molecular complexity index is 385. The van der Waals surface area contributed by atoms with Crippen molar-refractivity contribution in [3.63, 3.8) is 0 Å². The number of ether oxygens (including phenoxy) is 1. The molecule has 1 aromatic carbocycles. The fourth-order valence-corrected chi connectivity index (χ4v) is 2.92. The maximum Gasteiger partial charge on any atom is 0.0587 e. The molecule has 0 aliphatic carbocycles. The standard InChI is InChI=1S/C19H33NO/c1-6-11-19(4,15-20-12-13-21-5)14-17-7-9-18(10-8-17)16(2)3/h7-10,16,20H,6,11-15H2,1-5H3. The molecular weight excluding hydrogens is 258 g/mol. The second-order valence-corrected chi connectivity index (χ2v) is 6.80. The fraction of sp³-hybridized carbons (Fsp3) is 0.684. The zero-order valence-corrected chi connectivity index (χ0v) is 14.5. The van der Waals surface area contributed by atoms with Crippen LogP contribution in [0.25, 0.3) is 0 Å². The van der Waals surface area contributed by atoms with Crippen LogP contribution < -0.4 is 5.32 Å². The minimum Gasteiger partial charge on any atom is -0.383 e. The monoisotopic (exact) mass is 291 g/mol. The van der Waals surface area contributed by atoms with Gasteiger partial charge in [0.1, 0.15) is 0 Å². The molecule has 0 aromatic heterocycles. The van der Waals surface area contributed by atoms with Crippen molar-refractivity contribution in [2.45, 2.75) is 52.9 Å². The Morgan fingerprint density at radius 3 is 2.38 bits per heavy atom. The summed E-state index contributed by atoms with van der Waals surface area (Å²) in [5.41, 5.74) is 3.19. The van der Waals surface area contributed by atoms with Gasteiger partial charge >= 0.3 is 0 Å². The number of benzene rings is 1. The van der Waals surface area contributed by atoms with Gasteiger partial charge in [0.25, 0.3) is 0 Å². The largest absolute Gasteiger partial charge is 0.383 e. The lowest BCUT2D eigenvalue weighted by atomic mass is 9.79. The van der Waals surface area contributed by atoms with Gasteiger partial charge in [0.05, 0.1) is 6.61 Å². The second-order valence-electron chi connectivity index (χ2n) is 6.80. The molecule has 0 heterocycles. The normalized spacial score (nSPS) is 14.4. The number of hydrogen-bond donors (Lipinski definition) is 1. The molecule has 1 aromatic rings. The van der Waals surface area contributed by atoms with E-state index in [-0.39, 0.29) is 0 Å². The predicted molar refractivity (Wildman–Crippen MR) is 92.0 cm³/mol. The summed E-state index contributed by atoms with van der Waals surface area (Å²) in [5.74, 6) is 0.608. The Morgan fingerprint density at radius 1 is 1.19 bits per heavy atom. The first-order chi connectivity index (χ1) is 10.0. The van der Waals surface area contributed by atoms with E-state index in [4.69, 9.17) is 4.74 Å². The van der Waals surface area contributed by atoms with Gasteiger partial charge in [-0.3, -0.25) is 0 Å². The second kappa shape index (κ2) is 9.22. The Morgan fingerprint density at radius 2 is 1.86 bits per heavy atom. The molecule has 0 fully saturated rings. The zero-order chi connectivity index (χ0) is 15.7. The Hall–Kier alpha value is -0.860. The maximum absolute atomic E-state index is 5.11. The van der Waals surface area contributed by atoms with Gasteiger partial charge in [-0.2, -0.15) is 0 Å². The zero-order valence-electron chi connectivity index (χ0n) is 14.5. The van der Waals surface area contributed by atoms with Crippen LogP contribution in [0, 0.1) is 5.41 Å². The van der Waals surface area contributed by atoms with E-state index in [2.05, 4.69) is 57.3 Å². The van der Waals surface area contributed by atoms with Crippen molar-refractivity contribution in [2.24, 2.45) is 5.41 Å². The lowest BCUT2D eigenvalue weighted by molar-refractivity contribution is 0.190. The van der Waals surface area contributed by atoms with Gasteiger partial charge in [0, 0.05) is 20.2 Å². The minimum atomic E-state index is 0.321. The van der Waals surface area contributed by atoms with Crippen molar-refractivity contribution in [1.82, 2.24) is 5.32 Å². The smallest absolute Gasteiger partial charge is 0.0587 e. The Balaban J connectivity index is 2.63. The van der Waals surface area contributed by atoms with E-state index in [1.165, 1.54) is 24.0 Å². The number of hydrogen-bond acceptors (Lipinski definition) is 2. The molecule has 1 atom stereocenters. The average Bonchev–Trinajstić information content (AvgIpc) is 2.44. The summed E-state index contributed by atoms with van der Waals surface area (Å²) < 4.78 is 5.11. The van der Waals surface area contributed by atoms with Gasteiger partial charge in [-0.15, -0.1) is 0 Å². The molecule has 0 amide bonds. The molecule has 2 heteroatoms. The number of methoxy groups -OCH3 is 1. The quantitative estimate of drug-likeness (QED) is 0.645. The van der Waals surface area contributed by atoms with Crippen molar-refractivity contribution < 1.29 is 4.74 Å². The van der Waals surface area contributed by atoms with Crippen LogP contribution in [0.4, 0.5) is 0 Å². The molecule has 1 N–H and O–H groups in total. The van der Waals surface area contributed by atoms with E-state index in [1.54, 1.807) is 7.11 Å². The Labute approximate surface area is 131 Å². The van der Waals surface area contributed by atoms with Crippen LogP contribution in [-0.2, 0) is 11.2 Å². The maximum atomic E-state index is 5.11. The number of rotatable bonds is 10. The molecule has 0 saturated heterocycles. The highest BCUT2D eigenvalue weighted by Gasteiger charge is 2.23. The van der Waals surface area contributed by atoms with Crippen LogP contribution in [0.3, 0.4) is 0 Å². The van der Waals surface area contributed by atoms with E-state index in [0.29, 0.717) is 11.3 Å². The summed E-state index contributed by atoms with van der Waals surface area (Å²) in [6.07, 6.45) is 3.62. The summed E-state index contributed by atoms with van der Waals surface area (Å²) >= 11 is 0. The van der Waals surface area contributed by atoms with Crippen LogP contribution in [0.15, 0.2) is 24.3 Å². The molecular formula is C19H33NO. The van der Waals surface area contributed by atoms with Gasteiger partial charge in [-0.05, 0) is 35.3 Å². The van der Waals surface area contributed by atoms with Gasteiger partial charge in [-0.25, -0.2) is 0 Å². The third kappa shape index (κ3) is 6.62. The molecule has 2 nitrogen and oxygen atoms in total. The fourth-order valence-electron chi connectivity index (χ4n) is 2.92. The minimum absolute atomic E-state index is 0.321. The van der Waals surface area contributed by atoms with Gasteiger partial charge < -0.3 is 10.1 Å². The summed E-state index contributed by atoms with van der Waals surface area (Å²) in [4.78, 5) is 0. The van der Waals surface area contributed by atoms with Crippen LogP contribution in [0.5, 0.6) is 0 Å². The van der Waals surface area contributed by atoms with Crippen molar-refractivity contribution in [2.75, 3.05) is 26.8 Å². The topological polar surface area (TPSA) is 21.3 Å². The molecule has 0 aliphatic rings. The molecule has 1 rings (SSSR count). The summed E-state index contributed by atoms with van der Waals surface area (Å²) in [6.45, 7) is 11.9. The van der Waals surface area contributed by atoms with Crippen molar-refractivity contribution in [3.8, 4) is 0 Å². The first kappa shape index (κ1) is 18.2. The number of nitrogens with one attached hydrogen (secondary N) is 1. The lowest BCUT2D eigenvalue weighted by Gasteiger charge is -2.30. The molecule has 0 bridgehead atoms. The molecule has 0 radical (unpaired) electrons. The summed E-state index contributed by atoms with van der Waals surface area (Å²) in [5, 5.41) is 3.54. The lowest BCUT2D eigenvalue weighted by Crippen LogP contribution is -2.35. The first-order valence-electron chi connectivity index (χ1n) is 8.29. The highest BCUT2D eigenvalue weighted by atomic mass is 16.5. The van der Waals surface area contributed by atoms with Gasteiger partial charge in [0.15, 0.2) is 0 Å². The average molecular weight is 291 g/mol. The van der Waals surface area contributed by atoms with E-state index in [0.717, 1.165) is 26.1 Å². The third-order valence-electron chi connectivity index (χ3n) is 4.17. The van der Waals surface area contributed by atoms with E-state index < -0.39 is 0 Å². The van der Waals surface area contributed by atoms with Crippen LogP contribution in [-0.4, -0.2) is 26.8 Å². The molecule has 0 spiro atoms.